The molecule has 2 heterocycles. The number of anilines is 1. The van der Waals surface area contributed by atoms with Gasteiger partial charge in [-0.15, -0.1) is 0 Å². The minimum Gasteiger partial charge on any atom is -0.489 e. The molecule has 2 aliphatic rings. The summed E-state index contributed by atoms with van der Waals surface area (Å²) in [5, 5.41) is 0. The summed E-state index contributed by atoms with van der Waals surface area (Å²) in [6.07, 6.45) is 1.24. The molecule has 0 aromatic heterocycles. The standard InChI is InChI=1S/C20H24N2O3S/c1-20(2)21(12-15-8-10-17(11-9-15)26(3,23)24)13-16-14-25-19-7-5-4-6-18(19)22(16)20/h4-11,16H,12-14H2,1-3H3. The maximum absolute atomic E-state index is 11.6. The molecule has 1 unspecified atom stereocenters. The van der Waals surface area contributed by atoms with Crippen LogP contribution in [0.4, 0.5) is 5.69 Å². The zero-order chi connectivity index (χ0) is 18.5. The molecule has 0 N–H and O–H groups in total. The van der Waals surface area contributed by atoms with Crippen LogP contribution in [-0.2, 0) is 16.4 Å². The third-order valence-corrected chi connectivity index (χ3v) is 6.57. The number of rotatable bonds is 3. The van der Waals surface area contributed by atoms with Gasteiger partial charge in [-0.25, -0.2) is 8.42 Å². The van der Waals surface area contributed by atoms with Crippen LogP contribution in [0.1, 0.15) is 19.4 Å². The molecule has 0 saturated carbocycles. The van der Waals surface area contributed by atoms with Gasteiger partial charge in [-0.1, -0.05) is 24.3 Å². The summed E-state index contributed by atoms with van der Waals surface area (Å²) >= 11 is 0. The van der Waals surface area contributed by atoms with E-state index in [1.807, 2.05) is 30.3 Å². The molecule has 1 atom stereocenters. The minimum atomic E-state index is -3.16. The predicted molar refractivity (Wildman–Crippen MR) is 102 cm³/mol. The Morgan fingerprint density at radius 1 is 1.12 bits per heavy atom. The number of fused-ring (bicyclic) bond motifs is 3. The van der Waals surface area contributed by atoms with E-state index in [4.69, 9.17) is 4.74 Å². The van der Waals surface area contributed by atoms with Gasteiger partial charge in [-0.3, -0.25) is 4.90 Å². The van der Waals surface area contributed by atoms with Gasteiger partial charge >= 0.3 is 0 Å². The lowest BCUT2D eigenvalue weighted by Gasteiger charge is -2.43. The summed E-state index contributed by atoms with van der Waals surface area (Å²) in [5.74, 6) is 0.941. The van der Waals surface area contributed by atoms with Gasteiger partial charge in [0.15, 0.2) is 9.84 Å². The molecule has 2 aromatic carbocycles. The minimum absolute atomic E-state index is 0.153. The van der Waals surface area contributed by atoms with Crippen LogP contribution in [0.15, 0.2) is 53.4 Å². The van der Waals surface area contributed by atoms with E-state index in [9.17, 15) is 8.42 Å². The molecule has 5 nitrogen and oxygen atoms in total. The van der Waals surface area contributed by atoms with Crippen LogP contribution >= 0.6 is 0 Å². The molecule has 6 heteroatoms. The van der Waals surface area contributed by atoms with Crippen LogP contribution in [0.3, 0.4) is 0 Å². The quantitative estimate of drug-likeness (QED) is 0.829. The van der Waals surface area contributed by atoms with Crippen LogP contribution in [-0.4, -0.2) is 44.4 Å². The van der Waals surface area contributed by atoms with Crippen molar-refractivity contribution in [3.05, 3.63) is 54.1 Å². The monoisotopic (exact) mass is 372 g/mol. The molecule has 26 heavy (non-hydrogen) atoms. The number of nitrogens with zero attached hydrogens (tertiary/aromatic N) is 2. The van der Waals surface area contributed by atoms with E-state index in [2.05, 4.69) is 29.7 Å². The molecule has 0 spiro atoms. The summed E-state index contributed by atoms with van der Waals surface area (Å²) in [4.78, 5) is 5.25. The molecule has 0 bridgehead atoms. The Bertz CT molecular complexity index is 922. The smallest absolute Gasteiger partial charge is 0.175 e. The van der Waals surface area contributed by atoms with Gasteiger partial charge < -0.3 is 9.64 Å². The first-order valence-corrected chi connectivity index (χ1v) is 10.7. The lowest BCUT2D eigenvalue weighted by molar-refractivity contribution is 0.167. The van der Waals surface area contributed by atoms with Crippen molar-refractivity contribution in [1.29, 1.82) is 0 Å². The molecular formula is C20H24N2O3S. The average Bonchev–Trinajstić information content (AvgIpc) is 2.85. The molecule has 1 saturated heterocycles. The van der Waals surface area contributed by atoms with Crippen LogP contribution in [0.5, 0.6) is 5.75 Å². The van der Waals surface area contributed by atoms with Gasteiger partial charge in [0.1, 0.15) is 12.4 Å². The third kappa shape index (κ3) is 2.87. The van der Waals surface area contributed by atoms with Crippen molar-refractivity contribution in [3.8, 4) is 5.75 Å². The van der Waals surface area contributed by atoms with Crippen molar-refractivity contribution in [2.24, 2.45) is 0 Å². The summed E-state index contributed by atoms with van der Waals surface area (Å²) in [5.41, 5.74) is 2.10. The third-order valence-electron chi connectivity index (χ3n) is 5.44. The molecule has 2 aliphatic heterocycles. The Labute approximate surface area is 155 Å². The second kappa shape index (κ2) is 5.99. The van der Waals surface area contributed by atoms with Gasteiger partial charge in [0, 0.05) is 19.3 Å². The SMILES string of the molecule is CC1(C)N(Cc2ccc(S(C)(=O)=O)cc2)CC2COc3ccccc3N21. The first kappa shape index (κ1) is 17.4. The van der Waals surface area contributed by atoms with E-state index in [1.54, 1.807) is 12.1 Å². The predicted octanol–water partition coefficient (Wildman–Crippen LogP) is 2.91. The van der Waals surface area contributed by atoms with E-state index in [0.717, 1.165) is 30.1 Å². The number of sulfone groups is 1. The molecule has 1 fully saturated rings. The fourth-order valence-electron chi connectivity index (χ4n) is 4.06. The van der Waals surface area contributed by atoms with Crippen LogP contribution < -0.4 is 9.64 Å². The molecule has 0 radical (unpaired) electrons. The molecule has 0 amide bonds. The van der Waals surface area contributed by atoms with Crippen LogP contribution in [0.25, 0.3) is 0 Å². The lowest BCUT2D eigenvalue weighted by Crippen LogP contribution is -2.52. The van der Waals surface area contributed by atoms with Crippen molar-refractivity contribution in [2.75, 3.05) is 24.3 Å². The molecule has 2 aromatic rings. The second-order valence-corrected chi connectivity index (χ2v) is 9.61. The fourth-order valence-corrected chi connectivity index (χ4v) is 4.69. The summed E-state index contributed by atoms with van der Waals surface area (Å²) < 4.78 is 29.2. The topological polar surface area (TPSA) is 49.9 Å². The highest BCUT2D eigenvalue weighted by Crippen LogP contribution is 2.43. The number of ether oxygens (including phenoxy) is 1. The Balaban J connectivity index is 1.60. The van der Waals surface area contributed by atoms with Gasteiger partial charge in [0.25, 0.3) is 0 Å². The molecular weight excluding hydrogens is 348 g/mol. The van der Waals surface area contributed by atoms with Crippen molar-refractivity contribution in [2.45, 2.75) is 37.0 Å². The Hall–Kier alpha value is -2.05. The van der Waals surface area contributed by atoms with E-state index in [0.29, 0.717) is 17.5 Å². The maximum Gasteiger partial charge on any atom is 0.175 e. The number of benzene rings is 2. The summed E-state index contributed by atoms with van der Waals surface area (Å²) in [6.45, 7) is 6.84. The maximum atomic E-state index is 11.6. The van der Waals surface area contributed by atoms with Gasteiger partial charge in [0.05, 0.1) is 22.3 Å². The van der Waals surface area contributed by atoms with Crippen LogP contribution in [0, 0.1) is 0 Å². The van der Waals surface area contributed by atoms with E-state index >= 15 is 0 Å². The van der Waals surface area contributed by atoms with Crippen molar-refractivity contribution in [1.82, 2.24) is 4.90 Å². The van der Waals surface area contributed by atoms with Crippen molar-refractivity contribution >= 4 is 15.5 Å². The zero-order valence-corrected chi connectivity index (χ0v) is 16.2. The first-order valence-electron chi connectivity index (χ1n) is 8.82. The number of para-hydroxylation sites is 2. The van der Waals surface area contributed by atoms with Gasteiger partial charge in [-0.2, -0.15) is 0 Å². The van der Waals surface area contributed by atoms with Gasteiger partial charge in [-0.05, 0) is 43.7 Å². The highest BCUT2D eigenvalue weighted by atomic mass is 32.2. The Morgan fingerprint density at radius 3 is 2.50 bits per heavy atom. The normalized spacial score (nSPS) is 21.8. The van der Waals surface area contributed by atoms with E-state index in [-0.39, 0.29) is 5.66 Å². The Morgan fingerprint density at radius 2 is 1.81 bits per heavy atom. The van der Waals surface area contributed by atoms with Crippen molar-refractivity contribution < 1.29 is 13.2 Å². The summed E-state index contributed by atoms with van der Waals surface area (Å²) in [6, 6.07) is 15.7. The fraction of sp³-hybridized carbons (Fsp3) is 0.400. The number of hydrogen-bond donors (Lipinski definition) is 0. The van der Waals surface area contributed by atoms with Gasteiger partial charge in [0.2, 0.25) is 0 Å². The highest BCUT2D eigenvalue weighted by molar-refractivity contribution is 7.90. The number of hydrogen-bond acceptors (Lipinski definition) is 5. The van der Waals surface area contributed by atoms with E-state index < -0.39 is 9.84 Å². The van der Waals surface area contributed by atoms with Crippen LogP contribution in [0.2, 0.25) is 0 Å². The molecule has 4 rings (SSSR count). The summed E-state index contributed by atoms with van der Waals surface area (Å²) in [7, 11) is -3.16. The molecule has 0 aliphatic carbocycles. The first-order chi connectivity index (χ1) is 12.3. The lowest BCUT2D eigenvalue weighted by atomic mass is 10.1. The largest absolute Gasteiger partial charge is 0.489 e. The molecule has 138 valence electrons. The van der Waals surface area contributed by atoms with Crippen molar-refractivity contribution in [3.63, 3.8) is 0 Å². The average molecular weight is 372 g/mol. The Kier molecular flexibility index (Phi) is 4.00. The second-order valence-electron chi connectivity index (χ2n) is 7.59. The highest BCUT2D eigenvalue weighted by Gasteiger charge is 2.48. The zero-order valence-electron chi connectivity index (χ0n) is 15.3. The van der Waals surface area contributed by atoms with E-state index in [1.165, 1.54) is 6.26 Å².